The van der Waals surface area contributed by atoms with Crippen molar-refractivity contribution in [2.45, 2.75) is 5.92 Å². The van der Waals surface area contributed by atoms with Gasteiger partial charge in [0.25, 0.3) is 0 Å². The average Bonchev–Trinajstić information content (AvgIpc) is 3.14. The largest absolute Gasteiger partial charge is 0.388 e. The van der Waals surface area contributed by atoms with Gasteiger partial charge in [0, 0.05) is 36.6 Å². The molecule has 5 rings (SSSR count). The average molecular weight is 421 g/mol. The summed E-state index contributed by atoms with van der Waals surface area (Å²) in [6, 6.07) is 34.3. The Morgan fingerprint density at radius 2 is 1.41 bits per heavy atom. The Morgan fingerprint density at radius 1 is 0.750 bits per heavy atom. The van der Waals surface area contributed by atoms with Gasteiger partial charge in [0.2, 0.25) is 0 Å². The fourth-order valence-electron chi connectivity index (χ4n) is 4.79. The Morgan fingerprint density at radius 3 is 2.16 bits per heavy atom. The Bertz CT molecular complexity index is 1370. The van der Waals surface area contributed by atoms with Crippen molar-refractivity contribution < 1.29 is 4.39 Å². The van der Waals surface area contributed by atoms with Crippen LogP contribution >= 0.6 is 0 Å². The van der Waals surface area contributed by atoms with Crippen LogP contribution in [0.3, 0.4) is 0 Å². The molecule has 3 heteroatoms. The van der Waals surface area contributed by atoms with E-state index in [0.29, 0.717) is 0 Å². The first-order valence-electron chi connectivity index (χ1n) is 10.8. The van der Waals surface area contributed by atoms with Crippen LogP contribution in [0.1, 0.15) is 22.6 Å². The first-order valence-corrected chi connectivity index (χ1v) is 10.8. The molecule has 1 heterocycles. The first kappa shape index (κ1) is 20.1. The molecule has 0 saturated heterocycles. The van der Waals surface area contributed by atoms with Gasteiger partial charge in [-0.25, -0.2) is 4.39 Å². The second kappa shape index (κ2) is 8.35. The molecule has 0 spiro atoms. The minimum atomic E-state index is -0.226. The van der Waals surface area contributed by atoms with E-state index in [0.717, 1.165) is 22.4 Å². The van der Waals surface area contributed by atoms with Gasteiger partial charge in [-0.1, -0.05) is 78.9 Å². The molecule has 0 aliphatic carbocycles. The van der Waals surface area contributed by atoms with Gasteiger partial charge in [0.1, 0.15) is 5.82 Å². The summed E-state index contributed by atoms with van der Waals surface area (Å²) in [4.78, 5) is 0. The normalized spacial score (nSPS) is 12.1. The number of halogens is 1. The van der Waals surface area contributed by atoms with Crippen LogP contribution in [-0.2, 0) is 7.05 Å². The highest BCUT2D eigenvalue weighted by Gasteiger charge is 2.28. The van der Waals surface area contributed by atoms with E-state index >= 15 is 0 Å². The molecular formula is C29H25FN2. The van der Waals surface area contributed by atoms with Crippen molar-refractivity contribution in [2.75, 3.05) is 12.4 Å². The number of benzene rings is 4. The molecular weight excluding hydrogens is 395 g/mol. The number of hydrogen-bond donors (Lipinski definition) is 1. The second-order valence-corrected chi connectivity index (χ2v) is 8.03. The molecule has 5 aromatic rings. The number of fused-ring (bicyclic) bond motifs is 1. The highest BCUT2D eigenvalue weighted by molar-refractivity contribution is 5.94. The molecule has 0 radical (unpaired) electrons. The summed E-state index contributed by atoms with van der Waals surface area (Å²) >= 11 is 0. The van der Waals surface area contributed by atoms with Gasteiger partial charge >= 0.3 is 0 Å². The quantitative estimate of drug-likeness (QED) is 0.318. The van der Waals surface area contributed by atoms with E-state index in [4.69, 9.17) is 0 Å². The van der Waals surface area contributed by atoms with Gasteiger partial charge in [0.15, 0.2) is 0 Å². The van der Waals surface area contributed by atoms with Crippen molar-refractivity contribution in [3.05, 3.63) is 126 Å². The van der Waals surface area contributed by atoms with Crippen molar-refractivity contribution in [2.24, 2.45) is 7.05 Å². The number of para-hydroxylation sites is 2. The molecule has 0 saturated carbocycles. The number of nitrogens with zero attached hydrogens (tertiary/aromatic N) is 1. The molecule has 0 amide bonds. The topological polar surface area (TPSA) is 17.0 Å². The summed E-state index contributed by atoms with van der Waals surface area (Å²) in [7, 11) is 4.07. The van der Waals surface area contributed by atoms with E-state index in [1.54, 1.807) is 12.1 Å². The summed E-state index contributed by atoms with van der Waals surface area (Å²) in [6.07, 6.45) is 0. The molecule has 0 bridgehead atoms. The number of hydrogen-bond acceptors (Lipinski definition) is 1. The van der Waals surface area contributed by atoms with E-state index in [-0.39, 0.29) is 11.7 Å². The number of anilines is 1. The van der Waals surface area contributed by atoms with Crippen LogP contribution in [0.15, 0.2) is 103 Å². The van der Waals surface area contributed by atoms with E-state index in [1.165, 1.54) is 22.2 Å². The van der Waals surface area contributed by atoms with Crippen LogP contribution in [-0.4, -0.2) is 11.6 Å². The zero-order valence-electron chi connectivity index (χ0n) is 18.2. The third kappa shape index (κ3) is 3.36. The van der Waals surface area contributed by atoms with Crippen molar-refractivity contribution >= 4 is 16.6 Å². The molecule has 0 unspecified atom stereocenters. The standard InChI is InChI=1S/C29H25FN2/c1-31-25-14-8-6-12-23(25)27(20-16-18-22(30)19-17-20)28-24-13-7-9-15-26(24)32(2)29(28)21-10-4-3-5-11-21/h3-19,27,31H,1-2H3/t27-/m0/s1. The van der Waals surface area contributed by atoms with Gasteiger partial charge in [0.05, 0.1) is 5.69 Å². The van der Waals surface area contributed by atoms with Crippen molar-refractivity contribution in [3.8, 4) is 11.3 Å². The number of nitrogens with one attached hydrogen (secondary N) is 1. The SMILES string of the molecule is CNc1ccccc1[C@H](c1ccc(F)cc1)c1c(-c2ccccc2)n(C)c2ccccc12. The van der Waals surface area contributed by atoms with Crippen LogP contribution in [0.2, 0.25) is 0 Å². The van der Waals surface area contributed by atoms with Crippen molar-refractivity contribution in [1.29, 1.82) is 0 Å². The van der Waals surface area contributed by atoms with Crippen molar-refractivity contribution in [3.63, 3.8) is 0 Å². The maximum Gasteiger partial charge on any atom is 0.123 e. The third-order valence-electron chi connectivity index (χ3n) is 6.23. The van der Waals surface area contributed by atoms with E-state index < -0.39 is 0 Å². The molecule has 0 aliphatic rings. The molecule has 0 fully saturated rings. The molecule has 1 aromatic heterocycles. The predicted molar refractivity (Wildman–Crippen MR) is 132 cm³/mol. The number of aryl methyl sites for hydroxylation is 1. The van der Waals surface area contributed by atoms with E-state index in [9.17, 15) is 4.39 Å². The highest BCUT2D eigenvalue weighted by atomic mass is 19.1. The van der Waals surface area contributed by atoms with Gasteiger partial charge in [-0.05, 0) is 46.5 Å². The number of rotatable bonds is 5. The molecule has 1 atom stereocenters. The third-order valence-corrected chi connectivity index (χ3v) is 6.23. The monoisotopic (exact) mass is 420 g/mol. The Kier molecular flexibility index (Phi) is 5.24. The molecule has 1 N–H and O–H groups in total. The van der Waals surface area contributed by atoms with Crippen LogP contribution in [0.25, 0.3) is 22.2 Å². The van der Waals surface area contributed by atoms with Gasteiger partial charge in [-0.3, -0.25) is 0 Å². The van der Waals surface area contributed by atoms with E-state index in [2.05, 4.69) is 83.7 Å². The molecule has 2 nitrogen and oxygen atoms in total. The Labute approximate surface area is 188 Å². The maximum atomic E-state index is 13.9. The summed E-state index contributed by atoms with van der Waals surface area (Å²) in [5, 5.41) is 4.56. The van der Waals surface area contributed by atoms with Crippen LogP contribution in [0.4, 0.5) is 10.1 Å². The Balaban J connectivity index is 1.90. The van der Waals surface area contributed by atoms with Gasteiger partial charge in [-0.2, -0.15) is 0 Å². The highest BCUT2D eigenvalue weighted by Crippen LogP contribution is 2.45. The Hall–Kier alpha value is -3.85. The van der Waals surface area contributed by atoms with Crippen molar-refractivity contribution in [1.82, 2.24) is 4.57 Å². The summed E-state index contributed by atoms with van der Waals surface area (Å²) in [5.41, 5.74) is 8.02. The maximum absolute atomic E-state index is 13.9. The zero-order chi connectivity index (χ0) is 22.1. The smallest absolute Gasteiger partial charge is 0.123 e. The molecule has 4 aromatic carbocycles. The minimum absolute atomic E-state index is 0.0689. The fraction of sp³-hybridized carbons (Fsp3) is 0.103. The molecule has 32 heavy (non-hydrogen) atoms. The van der Waals surface area contributed by atoms with Crippen LogP contribution in [0, 0.1) is 5.82 Å². The number of aromatic nitrogens is 1. The second-order valence-electron chi connectivity index (χ2n) is 8.03. The summed E-state index contributed by atoms with van der Waals surface area (Å²) in [6.45, 7) is 0. The lowest BCUT2D eigenvalue weighted by atomic mass is 9.81. The van der Waals surface area contributed by atoms with Crippen LogP contribution < -0.4 is 5.32 Å². The van der Waals surface area contributed by atoms with Gasteiger partial charge in [-0.15, -0.1) is 0 Å². The lowest BCUT2D eigenvalue weighted by Gasteiger charge is -2.23. The summed E-state index contributed by atoms with van der Waals surface area (Å²) < 4.78 is 16.2. The first-order chi connectivity index (χ1) is 15.7. The van der Waals surface area contributed by atoms with Gasteiger partial charge < -0.3 is 9.88 Å². The predicted octanol–water partition coefficient (Wildman–Crippen LogP) is 7.21. The fourth-order valence-corrected chi connectivity index (χ4v) is 4.79. The lowest BCUT2D eigenvalue weighted by Crippen LogP contribution is -2.08. The zero-order valence-corrected chi connectivity index (χ0v) is 18.2. The van der Waals surface area contributed by atoms with Crippen LogP contribution in [0.5, 0.6) is 0 Å². The van der Waals surface area contributed by atoms with E-state index in [1.807, 2.05) is 31.3 Å². The summed E-state index contributed by atoms with van der Waals surface area (Å²) in [5.74, 6) is -0.295. The minimum Gasteiger partial charge on any atom is -0.388 e. The molecule has 158 valence electrons. The lowest BCUT2D eigenvalue weighted by molar-refractivity contribution is 0.627. The molecule has 0 aliphatic heterocycles.